The monoisotopic (exact) mass is 280 g/mol. The first kappa shape index (κ1) is 15.1. The van der Waals surface area contributed by atoms with Crippen molar-refractivity contribution in [3.63, 3.8) is 0 Å². The van der Waals surface area contributed by atoms with E-state index in [1.54, 1.807) is 0 Å². The molecule has 0 bridgehead atoms. The van der Waals surface area contributed by atoms with Gasteiger partial charge >= 0.3 is 0 Å². The van der Waals surface area contributed by atoms with Crippen LogP contribution in [0.15, 0.2) is 18.2 Å². The molecule has 19 heavy (non-hydrogen) atoms. The van der Waals surface area contributed by atoms with Crippen LogP contribution >= 0.6 is 0 Å². The molecule has 0 spiro atoms. The van der Waals surface area contributed by atoms with Crippen molar-refractivity contribution in [2.45, 2.75) is 25.7 Å². The third kappa shape index (κ3) is 4.05. The molecule has 0 heterocycles. The number of rotatable bonds is 5. The summed E-state index contributed by atoms with van der Waals surface area (Å²) in [4.78, 5) is 10.3. The van der Waals surface area contributed by atoms with Crippen LogP contribution in [-0.4, -0.2) is 20.4 Å². The Morgan fingerprint density at radius 1 is 1.42 bits per heavy atom. The van der Waals surface area contributed by atoms with E-state index in [-0.39, 0.29) is 5.69 Å². The standard InChI is InChI=1S/C12H16N2O4Si/c1-17-11-6-5-9(14(15)16)7-10(11)12(8-13)18-19(2,3)4/h5-7,12H,1-4H3. The fraction of sp³-hybridized carbons (Fsp3) is 0.417. The lowest BCUT2D eigenvalue weighted by atomic mass is 10.1. The van der Waals surface area contributed by atoms with Crippen molar-refractivity contribution in [1.29, 1.82) is 5.26 Å². The molecule has 0 fully saturated rings. The molecule has 1 aromatic rings. The van der Waals surface area contributed by atoms with Crippen LogP contribution in [0.25, 0.3) is 0 Å². The predicted octanol–water partition coefficient (Wildman–Crippen LogP) is 3.02. The van der Waals surface area contributed by atoms with Crippen LogP contribution in [0.1, 0.15) is 11.7 Å². The van der Waals surface area contributed by atoms with Gasteiger partial charge in [0.15, 0.2) is 14.4 Å². The first-order chi connectivity index (χ1) is 8.78. The van der Waals surface area contributed by atoms with E-state index in [9.17, 15) is 15.4 Å². The topological polar surface area (TPSA) is 85.4 Å². The van der Waals surface area contributed by atoms with Crippen LogP contribution in [-0.2, 0) is 4.43 Å². The molecular weight excluding hydrogens is 264 g/mol. The van der Waals surface area contributed by atoms with Gasteiger partial charge in [0, 0.05) is 17.7 Å². The molecule has 7 heteroatoms. The highest BCUT2D eigenvalue weighted by Gasteiger charge is 2.26. The second-order valence-corrected chi connectivity index (χ2v) is 9.38. The van der Waals surface area contributed by atoms with Crippen molar-refractivity contribution >= 4 is 14.0 Å². The summed E-state index contributed by atoms with van der Waals surface area (Å²) < 4.78 is 10.9. The summed E-state index contributed by atoms with van der Waals surface area (Å²) in [6.45, 7) is 5.84. The molecule has 1 unspecified atom stereocenters. The number of hydrogen-bond acceptors (Lipinski definition) is 5. The lowest BCUT2D eigenvalue weighted by Gasteiger charge is -2.22. The first-order valence-corrected chi connectivity index (χ1v) is 9.09. The molecule has 0 aromatic heterocycles. The van der Waals surface area contributed by atoms with Gasteiger partial charge in [-0.3, -0.25) is 10.1 Å². The highest BCUT2D eigenvalue weighted by atomic mass is 28.4. The number of methoxy groups -OCH3 is 1. The molecule has 0 aliphatic heterocycles. The molecule has 102 valence electrons. The lowest BCUT2D eigenvalue weighted by molar-refractivity contribution is -0.385. The Hall–Kier alpha value is -1.91. The van der Waals surface area contributed by atoms with Gasteiger partial charge in [-0.25, -0.2) is 0 Å². The molecular formula is C12H16N2O4Si. The van der Waals surface area contributed by atoms with Crippen molar-refractivity contribution in [1.82, 2.24) is 0 Å². The van der Waals surface area contributed by atoms with Gasteiger partial charge in [-0.2, -0.15) is 5.26 Å². The zero-order chi connectivity index (χ0) is 14.6. The van der Waals surface area contributed by atoms with E-state index >= 15 is 0 Å². The molecule has 0 radical (unpaired) electrons. The maximum Gasteiger partial charge on any atom is 0.270 e. The maximum atomic E-state index is 10.8. The summed E-state index contributed by atoms with van der Waals surface area (Å²) in [6, 6.07) is 6.17. The molecule has 6 nitrogen and oxygen atoms in total. The number of nitro benzene ring substituents is 1. The lowest BCUT2D eigenvalue weighted by Crippen LogP contribution is -2.27. The van der Waals surface area contributed by atoms with Gasteiger partial charge < -0.3 is 9.16 Å². The van der Waals surface area contributed by atoms with Crippen molar-refractivity contribution in [3.05, 3.63) is 33.9 Å². The van der Waals surface area contributed by atoms with E-state index in [1.165, 1.54) is 25.3 Å². The quantitative estimate of drug-likeness (QED) is 0.470. The number of non-ortho nitro benzene ring substituents is 1. The Labute approximate surface area is 112 Å². The minimum Gasteiger partial charge on any atom is -0.496 e. The average Bonchev–Trinajstić information content (AvgIpc) is 2.34. The van der Waals surface area contributed by atoms with Crippen molar-refractivity contribution < 1.29 is 14.1 Å². The van der Waals surface area contributed by atoms with E-state index in [0.717, 1.165) is 0 Å². The molecule has 1 atom stereocenters. The number of nitriles is 1. The van der Waals surface area contributed by atoms with Gasteiger partial charge in [0.2, 0.25) is 0 Å². The highest BCUT2D eigenvalue weighted by Crippen LogP contribution is 2.32. The fourth-order valence-corrected chi connectivity index (χ4v) is 2.44. The van der Waals surface area contributed by atoms with Crippen LogP contribution in [0.4, 0.5) is 5.69 Å². The minimum absolute atomic E-state index is 0.0878. The first-order valence-electron chi connectivity index (χ1n) is 5.68. The van der Waals surface area contributed by atoms with Crippen molar-refractivity contribution in [3.8, 4) is 11.8 Å². The Balaban J connectivity index is 3.24. The molecule has 1 aromatic carbocycles. The minimum atomic E-state index is -1.95. The zero-order valence-corrected chi connectivity index (χ0v) is 12.3. The summed E-state index contributed by atoms with van der Waals surface area (Å²) in [6.07, 6.45) is -0.860. The van der Waals surface area contributed by atoms with E-state index in [4.69, 9.17) is 9.16 Å². The number of nitro groups is 1. The molecule has 0 saturated carbocycles. The summed E-state index contributed by atoms with van der Waals surface area (Å²) in [5.41, 5.74) is 0.303. The van der Waals surface area contributed by atoms with E-state index < -0.39 is 19.3 Å². The summed E-state index contributed by atoms with van der Waals surface area (Å²) in [5.74, 6) is 0.412. The van der Waals surface area contributed by atoms with Gasteiger partial charge in [0.05, 0.1) is 18.1 Å². The molecule has 0 amide bonds. The van der Waals surface area contributed by atoms with Gasteiger partial charge in [0.1, 0.15) is 5.75 Å². The zero-order valence-electron chi connectivity index (χ0n) is 11.3. The second kappa shape index (κ2) is 5.82. The predicted molar refractivity (Wildman–Crippen MR) is 72.4 cm³/mol. The number of ether oxygens (including phenoxy) is 1. The Morgan fingerprint density at radius 3 is 2.47 bits per heavy atom. The van der Waals surface area contributed by atoms with Gasteiger partial charge in [-0.15, -0.1) is 0 Å². The molecule has 0 aliphatic rings. The SMILES string of the molecule is COc1ccc([N+](=O)[O-])cc1C(C#N)O[Si](C)(C)C. The van der Waals surface area contributed by atoms with E-state index in [1.807, 2.05) is 25.7 Å². The maximum absolute atomic E-state index is 10.8. The number of hydrogen-bond donors (Lipinski definition) is 0. The fourth-order valence-electron chi connectivity index (χ4n) is 1.55. The highest BCUT2D eigenvalue weighted by molar-refractivity contribution is 6.69. The summed E-state index contributed by atoms with van der Waals surface area (Å²) in [5, 5.41) is 20.0. The summed E-state index contributed by atoms with van der Waals surface area (Å²) in [7, 11) is -0.500. The smallest absolute Gasteiger partial charge is 0.270 e. The van der Waals surface area contributed by atoms with Crippen LogP contribution in [0, 0.1) is 21.4 Å². The largest absolute Gasteiger partial charge is 0.496 e. The number of benzene rings is 1. The Morgan fingerprint density at radius 2 is 2.05 bits per heavy atom. The average molecular weight is 280 g/mol. The molecule has 0 aliphatic carbocycles. The normalized spacial score (nSPS) is 12.6. The van der Waals surface area contributed by atoms with E-state index in [0.29, 0.717) is 11.3 Å². The third-order valence-corrected chi connectivity index (χ3v) is 3.24. The Kier molecular flexibility index (Phi) is 4.64. The van der Waals surface area contributed by atoms with Crippen LogP contribution in [0.2, 0.25) is 19.6 Å². The van der Waals surface area contributed by atoms with Crippen LogP contribution < -0.4 is 4.74 Å². The summed E-state index contributed by atoms with van der Waals surface area (Å²) >= 11 is 0. The molecule has 1 rings (SSSR count). The van der Waals surface area contributed by atoms with Crippen LogP contribution in [0.5, 0.6) is 5.75 Å². The van der Waals surface area contributed by atoms with Crippen LogP contribution in [0.3, 0.4) is 0 Å². The molecule has 0 saturated heterocycles. The van der Waals surface area contributed by atoms with Gasteiger partial charge in [-0.05, 0) is 25.7 Å². The third-order valence-electron chi connectivity index (χ3n) is 2.30. The van der Waals surface area contributed by atoms with Crippen molar-refractivity contribution in [2.24, 2.45) is 0 Å². The van der Waals surface area contributed by atoms with E-state index in [2.05, 4.69) is 0 Å². The van der Waals surface area contributed by atoms with Gasteiger partial charge in [0.25, 0.3) is 5.69 Å². The molecule has 0 N–H and O–H groups in total. The second-order valence-electron chi connectivity index (χ2n) is 4.92. The van der Waals surface area contributed by atoms with Crippen molar-refractivity contribution in [2.75, 3.05) is 7.11 Å². The van der Waals surface area contributed by atoms with Gasteiger partial charge in [-0.1, -0.05) is 0 Å². The number of nitrogens with zero attached hydrogens (tertiary/aromatic N) is 2. The Bertz CT molecular complexity index is 519.